The Morgan fingerprint density at radius 3 is 2.22 bits per heavy atom. The van der Waals surface area contributed by atoms with Crippen LogP contribution in [0.1, 0.15) is 23.2 Å². The minimum atomic E-state index is -0.418. The zero-order valence-corrected chi connectivity index (χ0v) is 19.6. The summed E-state index contributed by atoms with van der Waals surface area (Å²) in [5.74, 6) is 0.0372. The first-order chi connectivity index (χ1) is 15.3. The molecule has 0 aromatic heterocycles. The number of halogens is 4. The van der Waals surface area contributed by atoms with E-state index in [-0.39, 0.29) is 12.3 Å². The van der Waals surface area contributed by atoms with Crippen LogP contribution >= 0.6 is 46.4 Å². The van der Waals surface area contributed by atoms with E-state index in [1.165, 1.54) is 12.1 Å². The van der Waals surface area contributed by atoms with Crippen molar-refractivity contribution in [3.8, 4) is 11.5 Å². The second kappa shape index (κ2) is 11.4. The number of rotatable bonds is 8. The zero-order valence-electron chi connectivity index (χ0n) is 16.5. The van der Waals surface area contributed by atoms with E-state index in [2.05, 4.69) is 5.32 Å². The van der Waals surface area contributed by atoms with Crippen LogP contribution in [-0.4, -0.2) is 18.5 Å². The molecule has 0 spiro atoms. The molecule has 0 radical (unpaired) electrons. The Morgan fingerprint density at radius 2 is 1.50 bits per heavy atom. The summed E-state index contributed by atoms with van der Waals surface area (Å²) in [5, 5.41) is 4.43. The molecule has 0 fully saturated rings. The largest absolute Gasteiger partial charge is 0.492 e. The maximum Gasteiger partial charge on any atom is 0.311 e. The molecule has 0 saturated heterocycles. The molecule has 3 rings (SSSR count). The predicted molar refractivity (Wildman–Crippen MR) is 128 cm³/mol. The summed E-state index contributed by atoms with van der Waals surface area (Å²) in [5.41, 5.74) is 0.774. The number of nitrogens with one attached hydrogen (secondary N) is 1. The SMILES string of the molecule is O=C(CCCOc1ccc(Cl)cc1Cl)Oc1ccc(C(=O)Nc2cc(Cl)ccc2Cl)cc1. The third kappa shape index (κ3) is 7.04. The maximum atomic E-state index is 12.4. The minimum absolute atomic E-state index is 0.153. The van der Waals surface area contributed by atoms with E-state index in [4.69, 9.17) is 55.9 Å². The molecule has 3 aromatic carbocycles. The van der Waals surface area contributed by atoms with E-state index < -0.39 is 5.97 Å². The summed E-state index contributed by atoms with van der Waals surface area (Å²) in [6.07, 6.45) is 0.597. The molecule has 0 aliphatic rings. The van der Waals surface area contributed by atoms with Gasteiger partial charge in [-0.1, -0.05) is 46.4 Å². The molecule has 0 unspecified atom stereocenters. The van der Waals surface area contributed by atoms with Crippen LogP contribution in [0.25, 0.3) is 0 Å². The molecule has 0 bridgehead atoms. The van der Waals surface area contributed by atoms with Crippen LogP contribution in [0.2, 0.25) is 20.1 Å². The van der Waals surface area contributed by atoms with Gasteiger partial charge in [0.25, 0.3) is 5.91 Å². The van der Waals surface area contributed by atoms with Gasteiger partial charge in [0.2, 0.25) is 0 Å². The molecule has 1 N–H and O–H groups in total. The average molecular weight is 513 g/mol. The van der Waals surface area contributed by atoms with Gasteiger partial charge in [0, 0.05) is 22.0 Å². The number of carbonyl (C=O) groups excluding carboxylic acids is 2. The van der Waals surface area contributed by atoms with Crippen molar-refractivity contribution in [2.45, 2.75) is 12.8 Å². The van der Waals surface area contributed by atoms with Crippen molar-refractivity contribution in [2.24, 2.45) is 0 Å². The van der Waals surface area contributed by atoms with E-state index in [9.17, 15) is 9.59 Å². The van der Waals surface area contributed by atoms with Crippen LogP contribution < -0.4 is 14.8 Å². The summed E-state index contributed by atoms with van der Waals surface area (Å²) in [6, 6.07) is 15.9. The van der Waals surface area contributed by atoms with Gasteiger partial charge in [-0.25, -0.2) is 0 Å². The molecular weight excluding hydrogens is 496 g/mol. The molecule has 0 heterocycles. The van der Waals surface area contributed by atoms with Crippen LogP contribution in [0.5, 0.6) is 11.5 Å². The molecular formula is C23H17Cl4NO4. The highest BCUT2D eigenvalue weighted by atomic mass is 35.5. The Balaban J connectivity index is 1.45. The lowest BCUT2D eigenvalue weighted by atomic mass is 10.2. The first-order valence-corrected chi connectivity index (χ1v) is 11.0. The van der Waals surface area contributed by atoms with Gasteiger partial charge in [0.15, 0.2) is 0 Å². The van der Waals surface area contributed by atoms with Gasteiger partial charge in [0.1, 0.15) is 11.5 Å². The van der Waals surface area contributed by atoms with E-state index >= 15 is 0 Å². The molecule has 0 atom stereocenters. The summed E-state index contributed by atoms with van der Waals surface area (Å²) in [7, 11) is 0. The van der Waals surface area contributed by atoms with Gasteiger partial charge < -0.3 is 14.8 Å². The number of anilines is 1. The zero-order chi connectivity index (χ0) is 23.1. The van der Waals surface area contributed by atoms with Crippen molar-refractivity contribution in [1.29, 1.82) is 0 Å². The van der Waals surface area contributed by atoms with Gasteiger partial charge in [-0.05, 0) is 67.1 Å². The molecule has 9 heteroatoms. The normalized spacial score (nSPS) is 10.5. The second-order valence-electron chi connectivity index (χ2n) is 6.60. The van der Waals surface area contributed by atoms with Crippen LogP contribution in [0.3, 0.4) is 0 Å². The smallest absolute Gasteiger partial charge is 0.311 e. The lowest BCUT2D eigenvalue weighted by Gasteiger charge is -2.09. The van der Waals surface area contributed by atoms with Crippen LogP contribution in [0.4, 0.5) is 5.69 Å². The third-order valence-corrected chi connectivity index (χ3v) is 5.30. The highest BCUT2D eigenvalue weighted by Crippen LogP contribution is 2.28. The van der Waals surface area contributed by atoms with Crippen LogP contribution in [0, 0.1) is 0 Å². The number of ether oxygens (including phenoxy) is 2. The van der Waals surface area contributed by atoms with E-state index in [1.54, 1.807) is 48.5 Å². The van der Waals surface area contributed by atoms with Crippen molar-refractivity contribution in [1.82, 2.24) is 0 Å². The fourth-order valence-corrected chi connectivity index (χ4v) is 3.44. The topological polar surface area (TPSA) is 64.6 Å². The van der Waals surface area contributed by atoms with Crippen molar-refractivity contribution in [3.05, 3.63) is 86.3 Å². The summed E-state index contributed by atoms with van der Waals surface area (Å²) < 4.78 is 10.8. The first kappa shape index (κ1) is 24.2. The average Bonchev–Trinajstić information content (AvgIpc) is 2.75. The Kier molecular flexibility index (Phi) is 8.65. The Hall–Kier alpha value is -2.44. The number of benzene rings is 3. The lowest BCUT2D eigenvalue weighted by molar-refractivity contribution is -0.134. The molecule has 0 saturated carbocycles. The molecule has 0 aliphatic carbocycles. The van der Waals surface area contributed by atoms with E-state index in [1.807, 2.05) is 0 Å². The second-order valence-corrected chi connectivity index (χ2v) is 8.29. The Labute approximate surface area is 205 Å². The lowest BCUT2D eigenvalue weighted by Crippen LogP contribution is -2.13. The van der Waals surface area contributed by atoms with Gasteiger partial charge in [-0.15, -0.1) is 0 Å². The number of esters is 1. The molecule has 0 aliphatic heterocycles. The first-order valence-electron chi connectivity index (χ1n) is 9.47. The van der Waals surface area contributed by atoms with Crippen LogP contribution in [0.15, 0.2) is 60.7 Å². The molecule has 32 heavy (non-hydrogen) atoms. The fourth-order valence-electron chi connectivity index (χ4n) is 2.64. The Bertz CT molecular complexity index is 1120. The minimum Gasteiger partial charge on any atom is -0.492 e. The van der Waals surface area contributed by atoms with Crippen molar-refractivity contribution < 1.29 is 19.1 Å². The monoisotopic (exact) mass is 511 g/mol. The Morgan fingerprint density at radius 1 is 0.812 bits per heavy atom. The number of amides is 1. The highest BCUT2D eigenvalue weighted by molar-refractivity contribution is 6.36. The maximum absolute atomic E-state index is 12.4. The quantitative estimate of drug-likeness (QED) is 0.195. The molecule has 5 nitrogen and oxygen atoms in total. The molecule has 3 aromatic rings. The van der Waals surface area contributed by atoms with Gasteiger partial charge in [-0.2, -0.15) is 0 Å². The number of hydrogen-bond acceptors (Lipinski definition) is 4. The third-order valence-electron chi connectivity index (χ3n) is 4.20. The summed E-state index contributed by atoms with van der Waals surface area (Å²) in [6.45, 7) is 0.293. The van der Waals surface area contributed by atoms with Crippen molar-refractivity contribution >= 4 is 64.0 Å². The van der Waals surface area contributed by atoms with E-state index in [0.717, 1.165) is 0 Å². The number of hydrogen-bond donors (Lipinski definition) is 1. The molecule has 166 valence electrons. The van der Waals surface area contributed by atoms with Gasteiger partial charge in [-0.3, -0.25) is 9.59 Å². The van der Waals surface area contributed by atoms with E-state index in [0.29, 0.717) is 55.9 Å². The molecule has 1 amide bonds. The van der Waals surface area contributed by atoms with Gasteiger partial charge in [0.05, 0.1) is 22.3 Å². The summed E-state index contributed by atoms with van der Waals surface area (Å²) in [4.78, 5) is 24.4. The fraction of sp³-hybridized carbons (Fsp3) is 0.130. The summed E-state index contributed by atoms with van der Waals surface area (Å²) >= 11 is 23.9. The van der Waals surface area contributed by atoms with Crippen molar-refractivity contribution in [2.75, 3.05) is 11.9 Å². The van der Waals surface area contributed by atoms with Crippen LogP contribution in [-0.2, 0) is 4.79 Å². The van der Waals surface area contributed by atoms with Crippen molar-refractivity contribution in [3.63, 3.8) is 0 Å². The van der Waals surface area contributed by atoms with Gasteiger partial charge >= 0.3 is 5.97 Å². The standard InChI is InChI=1S/C23H17Cl4NO4/c24-15-6-10-21(19(27)12-15)31-11-1-2-22(29)32-17-7-3-14(4-8-17)23(30)28-20-13-16(25)5-9-18(20)26/h3-10,12-13H,1-2,11H2,(H,28,30). The predicted octanol–water partition coefficient (Wildman–Crippen LogP) is 7.32. The highest BCUT2D eigenvalue weighted by Gasteiger charge is 2.11. The number of carbonyl (C=O) groups is 2.